The second kappa shape index (κ2) is 3.23. The van der Waals surface area contributed by atoms with Gasteiger partial charge in [-0.05, 0) is 0 Å². The summed E-state index contributed by atoms with van der Waals surface area (Å²) in [7, 11) is 0. The average Bonchev–Trinajstić information content (AvgIpc) is 2.89. The van der Waals surface area contributed by atoms with Gasteiger partial charge in [-0.25, -0.2) is 0 Å². The Labute approximate surface area is 106 Å². The standard InChI is InChI=1S/C12H9NO6/c14-5-1-2-6(15)11(5)9(18)13-10(19)12(11)7(16)3-4-8(12)17/h1-4H2,(H,13,18,19). The quantitative estimate of drug-likeness (QED) is 0.419. The van der Waals surface area contributed by atoms with Crippen LogP contribution in [0.5, 0.6) is 0 Å². The Morgan fingerprint density at radius 2 is 0.842 bits per heavy atom. The number of rotatable bonds is 0. The first-order chi connectivity index (χ1) is 8.90. The molecule has 0 unspecified atom stereocenters. The van der Waals surface area contributed by atoms with Gasteiger partial charge in [0, 0.05) is 25.7 Å². The van der Waals surface area contributed by atoms with Gasteiger partial charge in [-0.1, -0.05) is 0 Å². The Kier molecular flexibility index (Phi) is 2.02. The highest BCUT2D eigenvalue weighted by molar-refractivity contribution is 6.47. The van der Waals surface area contributed by atoms with E-state index in [1.165, 1.54) is 0 Å². The van der Waals surface area contributed by atoms with E-state index >= 15 is 0 Å². The maximum atomic E-state index is 12.1. The molecule has 1 aliphatic heterocycles. The van der Waals surface area contributed by atoms with E-state index in [0.717, 1.165) is 0 Å². The summed E-state index contributed by atoms with van der Waals surface area (Å²) in [6.07, 6.45) is -0.882. The summed E-state index contributed by atoms with van der Waals surface area (Å²) in [5.41, 5.74) is -4.84. The number of ketones is 4. The molecule has 0 aromatic carbocycles. The zero-order valence-electron chi connectivity index (χ0n) is 9.78. The Morgan fingerprint density at radius 3 is 1.11 bits per heavy atom. The number of hydrogen-bond donors (Lipinski definition) is 1. The van der Waals surface area contributed by atoms with Crippen molar-refractivity contribution in [2.24, 2.45) is 10.8 Å². The van der Waals surface area contributed by atoms with Gasteiger partial charge < -0.3 is 0 Å². The van der Waals surface area contributed by atoms with E-state index < -0.39 is 45.8 Å². The summed E-state index contributed by atoms with van der Waals surface area (Å²) in [4.78, 5) is 72.3. The van der Waals surface area contributed by atoms with E-state index in [1.54, 1.807) is 0 Å². The highest BCUT2D eigenvalue weighted by Gasteiger charge is 2.81. The first-order valence-corrected chi connectivity index (χ1v) is 5.89. The van der Waals surface area contributed by atoms with Gasteiger partial charge in [-0.15, -0.1) is 0 Å². The molecule has 0 bridgehead atoms. The van der Waals surface area contributed by atoms with Crippen LogP contribution in [0.3, 0.4) is 0 Å². The molecule has 3 rings (SSSR count). The highest BCUT2D eigenvalue weighted by atomic mass is 16.2. The SMILES string of the molecule is O=C1CCC(=O)C12C(=O)NC(=O)C21C(=O)CCC1=O. The van der Waals surface area contributed by atoms with E-state index in [9.17, 15) is 28.8 Å². The number of fused-ring (bicyclic) bond motifs is 1. The third kappa shape index (κ3) is 0.936. The highest BCUT2D eigenvalue weighted by Crippen LogP contribution is 2.55. The van der Waals surface area contributed by atoms with E-state index in [2.05, 4.69) is 0 Å². The molecule has 2 amide bonds. The van der Waals surface area contributed by atoms with E-state index in [4.69, 9.17) is 0 Å². The summed E-state index contributed by atoms with van der Waals surface area (Å²) in [6.45, 7) is 0. The van der Waals surface area contributed by atoms with Gasteiger partial charge in [0.1, 0.15) is 0 Å². The molecule has 0 aromatic rings. The van der Waals surface area contributed by atoms with Gasteiger partial charge in [0.2, 0.25) is 11.8 Å². The third-order valence-corrected chi connectivity index (χ3v) is 4.30. The molecule has 7 heteroatoms. The molecule has 0 radical (unpaired) electrons. The summed E-state index contributed by atoms with van der Waals surface area (Å²) in [5, 5.41) is 1.84. The topological polar surface area (TPSA) is 114 Å². The second-order valence-corrected chi connectivity index (χ2v) is 4.98. The first kappa shape index (κ1) is 11.9. The lowest BCUT2D eigenvalue weighted by Crippen LogP contribution is -2.57. The van der Waals surface area contributed by atoms with Crippen LogP contribution in [0.2, 0.25) is 0 Å². The van der Waals surface area contributed by atoms with Crippen LogP contribution in [0.15, 0.2) is 0 Å². The molecule has 0 aromatic heterocycles. The molecule has 3 aliphatic rings. The normalized spacial score (nSPS) is 28.0. The molecular weight excluding hydrogens is 254 g/mol. The van der Waals surface area contributed by atoms with Crippen LogP contribution >= 0.6 is 0 Å². The molecule has 1 saturated heterocycles. The van der Waals surface area contributed by atoms with Crippen LogP contribution in [0, 0.1) is 10.8 Å². The van der Waals surface area contributed by atoms with Crippen LogP contribution in [0.25, 0.3) is 0 Å². The van der Waals surface area contributed by atoms with Crippen molar-refractivity contribution in [2.75, 3.05) is 0 Å². The number of Topliss-reactive ketones (excluding diaryl/α,β-unsaturated/α-hetero) is 4. The summed E-state index contributed by atoms with van der Waals surface area (Å²) in [5.74, 6) is -5.44. The molecule has 0 atom stereocenters. The number of amides is 2. The largest absolute Gasteiger partial charge is 0.298 e. The minimum Gasteiger partial charge on any atom is -0.298 e. The number of nitrogens with one attached hydrogen (secondary N) is 1. The molecule has 1 heterocycles. The fraction of sp³-hybridized carbons (Fsp3) is 0.500. The van der Waals surface area contributed by atoms with Crippen molar-refractivity contribution < 1.29 is 28.8 Å². The predicted molar refractivity (Wildman–Crippen MR) is 56.5 cm³/mol. The van der Waals surface area contributed by atoms with Crippen LogP contribution in [-0.2, 0) is 28.8 Å². The smallest absolute Gasteiger partial charge is 0.249 e. The fourth-order valence-corrected chi connectivity index (χ4v) is 3.49. The van der Waals surface area contributed by atoms with Gasteiger partial charge in [0.25, 0.3) is 0 Å². The third-order valence-electron chi connectivity index (χ3n) is 4.30. The lowest BCUT2D eigenvalue weighted by Gasteiger charge is -2.29. The van der Waals surface area contributed by atoms with Crippen LogP contribution in [0.1, 0.15) is 25.7 Å². The molecule has 1 N–H and O–H groups in total. The van der Waals surface area contributed by atoms with Crippen molar-refractivity contribution in [3.05, 3.63) is 0 Å². The molecule has 2 spiro atoms. The number of hydrogen-bond acceptors (Lipinski definition) is 6. The molecule has 2 aliphatic carbocycles. The number of imide groups is 1. The van der Waals surface area contributed by atoms with Crippen molar-refractivity contribution in [1.29, 1.82) is 0 Å². The minimum atomic E-state index is -2.42. The molecule has 7 nitrogen and oxygen atoms in total. The Balaban J connectivity index is 2.39. The molecule has 2 saturated carbocycles. The maximum Gasteiger partial charge on any atom is 0.249 e. The Bertz CT molecular complexity index is 517. The van der Waals surface area contributed by atoms with E-state index in [-0.39, 0.29) is 25.7 Å². The predicted octanol–water partition coefficient (Wildman–Crippen LogP) is -1.52. The average molecular weight is 263 g/mol. The first-order valence-electron chi connectivity index (χ1n) is 5.89. The van der Waals surface area contributed by atoms with Gasteiger partial charge in [0.15, 0.2) is 34.0 Å². The van der Waals surface area contributed by atoms with Crippen molar-refractivity contribution in [3.63, 3.8) is 0 Å². The van der Waals surface area contributed by atoms with E-state index in [0.29, 0.717) is 0 Å². The van der Waals surface area contributed by atoms with E-state index in [1.807, 2.05) is 5.32 Å². The zero-order chi connectivity index (χ0) is 14.0. The zero-order valence-corrected chi connectivity index (χ0v) is 9.78. The van der Waals surface area contributed by atoms with Crippen LogP contribution < -0.4 is 5.32 Å². The monoisotopic (exact) mass is 263 g/mol. The van der Waals surface area contributed by atoms with Crippen LogP contribution in [0.4, 0.5) is 0 Å². The lowest BCUT2D eigenvalue weighted by atomic mass is 9.60. The maximum absolute atomic E-state index is 12.1. The van der Waals surface area contributed by atoms with Crippen molar-refractivity contribution in [1.82, 2.24) is 5.32 Å². The van der Waals surface area contributed by atoms with Crippen molar-refractivity contribution in [2.45, 2.75) is 25.7 Å². The van der Waals surface area contributed by atoms with Gasteiger partial charge in [-0.2, -0.15) is 0 Å². The summed E-state index contributed by atoms with van der Waals surface area (Å²) < 4.78 is 0. The minimum absolute atomic E-state index is 0.220. The number of carbonyl (C=O) groups is 6. The lowest BCUT2D eigenvalue weighted by molar-refractivity contribution is -0.162. The molecule has 3 fully saturated rings. The van der Waals surface area contributed by atoms with Gasteiger partial charge >= 0.3 is 0 Å². The fourth-order valence-electron chi connectivity index (χ4n) is 3.49. The Morgan fingerprint density at radius 1 is 0.579 bits per heavy atom. The molecular formula is C12H9NO6. The second-order valence-electron chi connectivity index (χ2n) is 4.98. The van der Waals surface area contributed by atoms with Crippen molar-refractivity contribution >= 4 is 34.9 Å². The van der Waals surface area contributed by atoms with Crippen molar-refractivity contribution in [3.8, 4) is 0 Å². The number of carbonyl (C=O) groups excluding carboxylic acids is 6. The Hall–Kier alpha value is -2.18. The summed E-state index contributed by atoms with van der Waals surface area (Å²) in [6, 6.07) is 0. The molecule has 98 valence electrons. The summed E-state index contributed by atoms with van der Waals surface area (Å²) >= 11 is 0. The van der Waals surface area contributed by atoms with Crippen LogP contribution in [-0.4, -0.2) is 34.9 Å². The molecule has 19 heavy (non-hydrogen) atoms. The van der Waals surface area contributed by atoms with Gasteiger partial charge in [0.05, 0.1) is 0 Å². The van der Waals surface area contributed by atoms with Gasteiger partial charge in [-0.3, -0.25) is 34.1 Å².